The Morgan fingerprint density at radius 3 is 2.64 bits per heavy atom. The van der Waals surface area contributed by atoms with Gasteiger partial charge in [-0.1, -0.05) is 5.16 Å². The minimum absolute atomic E-state index is 0.0585. The molecule has 0 saturated carbocycles. The van der Waals surface area contributed by atoms with Gasteiger partial charge in [0.15, 0.2) is 10.8 Å². The van der Waals surface area contributed by atoms with Gasteiger partial charge in [0.25, 0.3) is 5.91 Å². The van der Waals surface area contributed by atoms with Crippen LogP contribution in [0, 0.1) is 0 Å². The lowest BCUT2D eigenvalue weighted by molar-refractivity contribution is -0.112. The fourth-order valence-corrected chi connectivity index (χ4v) is 2.37. The second kappa shape index (κ2) is 9.45. The van der Waals surface area contributed by atoms with E-state index in [1.165, 1.54) is 11.3 Å². The summed E-state index contributed by atoms with van der Waals surface area (Å²) in [6, 6.07) is 7.44. The summed E-state index contributed by atoms with van der Waals surface area (Å²) in [5, 5.41) is 8.65. The molecule has 0 unspecified atom stereocenters. The highest BCUT2D eigenvalue weighted by Crippen LogP contribution is 2.15. The number of rotatable bonds is 10. The molecule has 0 aliphatic carbocycles. The number of nitrogens with zero attached hydrogens (tertiary/aromatic N) is 2. The standard InChI is InChI=1S/C15H20N6O3S/c16-9-19-10-2-4-11(5-3-10)23-6-1-7-24-21-13(14(17)22)12-8-25-15(18)20-12/h2-5,8,19H,1,6-7,9,16H2,(H2,17,22)(H2,18,20). The van der Waals surface area contributed by atoms with Crippen LogP contribution in [0.2, 0.25) is 0 Å². The van der Waals surface area contributed by atoms with Gasteiger partial charge in [0.2, 0.25) is 0 Å². The van der Waals surface area contributed by atoms with Crippen molar-refractivity contribution < 1.29 is 14.4 Å². The molecule has 0 atom stereocenters. The quantitative estimate of drug-likeness (QED) is 0.210. The van der Waals surface area contributed by atoms with Crippen molar-refractivity contribution >= 4 is 33.8 Å². The molecule has 1 aromatic heterocycles. The molecule has 2 rings (SSSR count). The van der Waals surface area contributed by atoms with Gasteiger partial charge in [0.1, 0.15) is 18.1 Å². The number of ether oxygens (including phenoxy) is 1. The number of nitrogens with two attached hydrogens (primary N) is 3. The van der Waals surface area contributed by atoms with Gasteiger partial charge in [-0.25, -0.2) is 4.98 Å². The molecule has 134 valence electrons. The van der Waals surface area contributed by atoms with E-state index < -0.39 is 5.91 Å². The third-order valence-electron chi connectivity index (χ3n) is 2.96. The number of hydrogen-bond acceptors (Lipinski definition) is 9. The average Bonchev–Trinajstić information content (AvgIpc) is 3.01. The number of benzene rings is 1. The zero-order valence-corrected chi connectivity index (χ0v) is 14.3. The van der Waals surface area contributed by atoms with Crippen molar-refractivity contribution in [3.05, 3.63) is 35.3 Å². The lowest BCUT2D eigenvalue weighted by Gasteiger charge is -2.07. The molecular formula is C15H20N6O3S. The van der Waals surface area contributed by atoms with E-state index in [-0.39, 0.29) is 12.3 Å². The first-order valence-electron chi connectivity index (χ1n) is 7.48. The predicted octanol–water partition coefficient (Wildman–Crippen LogP) is 0.729. The fourth-order valence-electron chi connectivity index (χ4n) is 1.82. The molecule has 2 aromatic rings. The van der Waals surface area contributed by atoms with Crippen molar-refractivity contribution in [2.24, 2.45) is 16.6 Å². The average molecular weight is 364 g/mol. The van der Waals surface area contributed by atoms with Crippen LogP contribution < -0.4 is 27.3 Å². The Morgan fingerprint density at radius 1 is 1.28 bits per heavy atom. The molecular weight excluding hydrogens is 344 g/mol. The molecule has 0 spiro atoms. The number of carbonyl (C=O) groups excluding carboxylic acids is 1. The Morgan fingerprint density at radius 2 is 2.04 bits per heavy atom. The maximum Gasteiger partial charge on any atom is 0.273 e. The van der Waals surface area contributed by atoms with Gasteiger partial charge in [-0.2, -0.15) is 0 Å². The number of primary amides is 1. The van der Waals surface area contributed by atoms with Crippen LogP contribution in [0.4, 0.5) is 10.8 Å². The van der Waals surface area contributed by atoms with E-state index in [0.29, 0.717) is 30.5 Å². The van der Waals surface area contributed by atoms with E-state index >= 15 is 0 Å². The van der Waals surface area contributed by atoms with Crippen molar-refractivity contribution in [1.29, 1.82) is 0 Å². The molecule has 1 aromatic carbocycles. The van der Waals surface area contributed by atoms with Crippen LogP contribution in [0.15, 0.2) is 34.8 Å². The smallest absolute Gasteiger partial charge is 0.273 e. The molecule has 7 N–H and O–H groups in total. The van der Waals surface area contributed by atoms with E-state index in [2.05, 4.69) is 15.5 Å². The molecule has 25 heavy (non-hydrogen) atoms. The number of nitrogen functional groups attached to an aromatic ring is 1. The first kappa shape index (κ1) is 18.5. The highest BCUT2D eigenvalue weighted by Gasteiger charge is 2.14. The Kier molecular flexibility index (Phi) is 6.99. The molecule has 0 radical (unpaired) electrons. The van der Waals surface area contributed by atoms with Crippen molar-refractivity contribution in [2.45, 2.75) is 6.42 Å². The molecule has 0 aliphatic heterocycles. The van der Waals surface area contributed by atoms with Gasteiger partial charge in [0.05, 0.1) is 13.3 Å². The molecule has 10 heteroatoms. The molecule has 1 heterocycles. The minimum Gasteiger partial charge on any atom is -0.493 e. The summed E-state index contributed by atoms with van der Waals surface area (Å²) in [5.41, 5.74) is 17.4. The third-order valence-corrected chi connectivity index (χ3v) is 3.64. The lowest BCUT2D eigenvalue weighted by atomic mass is 10.3. The number of carbonyl (C=O) groups is 1. The molecule has 0 saturated heterocycles. The summed E-state index contributed by atoms with van der Waals surface area (Å²) in [7, 11) is 0. The second-order valence-corrected chi connectivity index (χ2v) is 5.71. The Hall–Kier alpha value is -2.85. The van der Waals surface area contributed by atoms with E-state index in [1.54, 1.807) is 5.38 Å². The van der Waals surface area contributed by atoms with Crippen molar-refractivity contribution in [3.8, 4) is 5.75 Å². The minimum atomic E-state index is -0.729. The number of amides is 1. The monoisotopic (exact) mass is 364 g/mol. The zero-order chi connectivity index (χ0) is 18.1. The Balaban J connectivity index is 1.73. The number of oxime groups is 1. The van der Waals surface area contributed by atoms with Crippen molar-refractivity contribution in [2.75, 3.05) is 30.9 Å². The number of aromatic nitrogens is 1. The maximum atomic E-state index is 11.4. The largest absolute Gasteiger partial charge is 0.493 e. The van der Waals surface area contributed by atoms with Crippen LogP contribution in [-0.2, 0) is 9.63 Å². The van der Waals surface area contributed by atoms with Gasteiger partial charge in [-0.15, -0.1) is 11.3 Å². The van der Waals surface area contributed by atoms with Crippen LogP contribution in [0.1, 0.15) is 12.1 Å². The van der Waals surface area contributed by atoms with Crippen LogP contribution >= 0.6 is 11.3 Å². The number of anilines is 2. The summed E-state index contributed by atoms with van der Waals surface area (Å²) in [6.45, 7) is 1.08. The maximum absolute atomic E-state index is 11.4. The van der Waals surface area contributed by atoms with Crippen LogP contribution in [0.5, 0.6) is 5.75 Å². The van der Waals surface area contributed by atoms with E-state index in [1.807, 2.05) is 24.3 Å². The van der Waals surface area contributed by atoms with Gasteiger partial charge >= 0.3 is 0 Å². The SMILES string of the molecule is NCNc1ccc(OCCCON=C(C(N)=O)c2csc(N)n2)cc1. The highest BCUT2D eigenvalue weighted by molar-refractivity contribution is 7.13. The molecule has 1 amide bonds. The Bertz CT molecular complexity index is 716. The summed E-state index contributed by atoms with van der Waals surface area (Å²) < 4.78 is 5.58. The van der Waals surface area contributed by atoms with Gasteiger partial charge in [0, 0.05) is 17.5 Å². The molecule has 0 aliphatic rings. The first-order valence-corrected chi connectivity index (χ1v) is 8.36. The third kappa shape index (κ3) is 5.94. The Labute approximate surface area is 148 Å². The van der Waals surface area contributed by atoms with Crippen molar-refractivity contribution in [3.63, 3.8) is 0 Å². The molecule has 0 fully saturated rings. The molecule has 9 nitrogen and oxygen atoms in total. The van der Waals surface area contributed by atoms with E-state index in [0.717, 1.165) is 11.4 Å². The van der Waals surface area contributed by atoms with Crippen LogP contribution in [-0.4, -0.2) is 36.5 Å². The van der Waals surface area contributed by atoms with E-state index in [4.69, 9.17) is 26.8 Å². The first-order chi connectivity index (χ1) is 12.1. The van der Waals surface area contributed by atoms with Gasteiger partial charge < -0.3 is 32.1 Å². The van der Waals surface area contributed by atoms with Crippen LogP contribution in [0.25, 0.3) is 0 Å². The van der Waals surface area contributed by atoms with Gasteiger partial charge in [-0.05, 0) is 24.3 Å². The topological polar surface area (TPSA) is 151 Å². The fraction of sp³-hybridized carbons (Fsp3) is 0.267. The summed E-state index contributed by atoms with van der Waals surface area (Å²) in [6.07, 6.45) is 0.581. The van der Waals surface area contributed by atoms with Crippen LogP contribution in [0.3, 0.4) is 0 Å². The van der Waals surface area contributed by atoms with Crippen molar-refractivity contribution in [1.82, 2.24) is 4.98 Å². The molecule has 0 bridgehead atoms. The number of thiazole rings is 1. The number of nitrogens with one attached hydrogen (secondary N) is 1. The second-order valence-electron chi connectivity index (χ2n) is 4.82. The zero-order valence-electron chi connectivity index (χ0n) is 13.5. The summed E-state index contributed by atoms with van der Waals surface area (Å²) in [5.74, 6) is 0.00887. The summed E-state index contributed by atoms with van der Waals surface area (Å²) >= 11 is 1.19. The predicted molar refractivity (Wildman–Crippen MR) is 97.4 cm³/mol. The normalized spacial score (nSPS) is 11.2. The van der Waals surface area contributed by atoms with Gasteiger partial charge in [-0.3, -0.25) is 4.79 Å². The highest BCUT2D eigenvalue weighted by atomic mass is 32.1. The number of hydrogen-bond donors (Lipinski definition) is 4. The summed E-state index contributed by atoms with van der Waals surface area (Å²) in [4.78, 5) is 20.5. The van der Waals surface area contributed by atoms with E-state index in [9.17, 15) is 4.79 Å². The lowest BCUT2D eigenvalue weighted by Crippen LogP contribution is -2.25.